The topological polar surface area (TPSA) is 43.4 Å². The summed E-state index contributed by atoms with van der Waals surface area (Å²) in [6.45, 7) is 2.19. The Morgan fingerprint density at radius 2 is 2.06 bits per heavy atom. The van der Waals surface area contributed by atoms with Crippen LogP contribution in [0.1, 0.15) is 51.9 Å². The van der Waals surface area contributed by atoms with E-state index in [9.17, 15) is 9.59 Å². The SMILES string of the molecule is CCCCCCC=CCC1CC(=O)OC1=O. The molecule has 90 valence electrons. The highest BCUT2D eigenvalue weighted by Gasteiger charge is 2.31. The second kappa shape index (κ2) is 7.20. The summed E-state index contributed by atoms with van der Waals surface area (Å²) in [5, 5.41) is 0. The van der Waals surface area contributed by atoms with Crippen molar-refractivity contribution in [3.05, 3.63) is 12.2 Å². The van der Waals surface area contributed by atoms with Crippen LogP contribution in [0.2, 0.25) is 0 Å². The fraction of sp³-hybridized carbons (Fsp3) is 0.692. The summed E-state index contributed by atoms with van der Waals surface area (Å²) >= 11 is 0. The minimum absolute atomic E-state index is 0.237. The molecule has 0 aromatic rings. The third-order valence-corrected chi connectivity index (χ3v) is 2.77. The molecule has 0 radical (unpaired) electrons. The first-order valence-corrected chi connectivity index (χ1v) is 6.13. The maximum Gasteiger partial charge on any atom is 0.317 e. The largest absolute Gasteiger partial charge is 0.393 e. The van der Waals surface area contributed by atoms with Gasteiger partial charge in [-0.15, -0.1) is 0 Å². The molecule has 3 nitrogen and oxygen atoms in total. The van der Waals surface area contributed by atoms with Crippen LogP contribution in [-0.2, 0) is 14.3 Å². The lowest BCUT2D eigenvalue weighted by Crippen LogP contribution is -2.05. The molecule has 3 heteroatoms. The molecule has 1 aliphatic heterocycles. The Kier molecular flexibility index (Phi) is 5.83. The summed E-state index contributed by atoms with van der Waals surface area (Å²) in [5.74, 6) is -0.980. The van der Waals surface area contributed by atoms with Gasteiger partial charge in [0.2, 0.25) is 0 Å². The van der Waals surface area contributed by atoms with E-state index in [4.69, 9.17) is 0 Å². The van der Waals surface area contributed by atoms with Gasteiger partial charge >= 0.3 is 11.9 Å². The van der Waals surface area contributed by atoms with Crippen molar-refractivity contribution in [2.75, 3.05) is 0 Å². The maximum absolute atomic E-state index is 11.1. The number of hydrogen-bond donors (Lipinski definition) is 0. The first-order chi connectivity index (χ1) is 7.74. The molecule has 0 N–H and O–H groups in total. The fourth-order valence-electron chi connectivity index (χ4n) is 1.77. The molecule has 0 aromatic heterocycles. The van der Waals surface area contributed by atoms with Crippen molar-refractivity contribution in [2.24, 2.45) is 5.92 Å². The number of carbonyl (C=O) groups is 2. The Morgan fingerprint density at radius 3 is 2.69 bits per heavy atom. The van der Waals surface area contributed by atoms with E-state index in [0.29, 0.717) is 6.42 Å². The van der Waals surface area contributed by atoms with Crippen molar-refractivity contribution in [1.29, 1.82) is 0 Å². The van der Waals surface area contributed by atoms with Crippen LogP contribution >= 0.6 is 0 Å². The molecule has 0 spiro atoms. The van der Waals surface area contributed by atoms with Crippen LogP contribution in [0.4, 0.5) is 0 Å². The minimum Gasteiger partial charge on any atom is -0.393 e. The van der Waals surface area contributed by atoms with Crippen molar-refractivity contribution in [3.8, 4) is 0 Å². The monoisotopic (exact) mass is 224 g/mol. The smallest absolute Gasteiger partial charge is 0.317 e. The predicted molar refractivity (Wildman–Crippen MR) is 61.7 cm³/mol. The summed E-state index contributed by atoms with van der Waals surface area (Å²) in [6, 6.07) is 0. The van der Waals surface area contributed by atoms with Crippen LogP contribution in [0, 0.1) is 5.92 Å². The number of rotatable bonds is 7. The Labute approximate surface area is 96.9 Å². The molecule has 1 saturated heterocycles. The van der Waals surface area contributed by atoms with Crippen LogP contribution in [-0.4, -0.2) is 11.9 Å². The summed E-state index contributed by atoms with van der Waals surface area (Å²) in [6.07, 6.45) is 11.1. The van der Waals surface area contributed by atoms with Crippen molar-refractivity contribution < 1.29 is 14.3 Å². The lowest BCUT2D eigenvalue weighted by atomic mass is 10.0. The van der Waals surface area contributed by atoms with E-state index < -0.39 is 0 Å². The van der Waals surface area contributed by atoms with E-state index in [-0.39, 0.29) is 24.3 Å². The highest BCUT2D eigenvalue weighted by atomic mass is 16.6. The average Bonchev–Trinajstić information content (AvgIpc) is 2.56. The number of esters is 2. The van der Waals surface area contributed by atoms with E-state index in [1.165, 1.54) is 25.7 Å². The Morgan fingerprint density at radius 1 is 1.25 bits per heavy atom. The van der Waals surface area contributed by atoms with E-state index in [1.807, 2.05) is 6.08 Å². The van der Waals surface area contributed by atoms with Crippen molar-refractivity contribution in [2.45, 2.75) is 51.9 Å². The number of cyclic esters (lactones) is 2. The molecule has 1 heterocycles. The summed E-state index contributed by atoms with van der Waals surface area (Å²) in [7, 11) is 0. The molecule has 1 atom stereocenters. The van der Waals surface area contributed by atoms with Crippen LogP contribution in [0.5, 0.6) is 0 Å². The highest BCUT2D eigenvalue weighted by molar-refractivity contribution is 5.94. The summed E-state index contributed by atoms with van der Waals surface area (Å²) < 4.78 is 4.47. The van der Waals surface area contributed by atoms with Gasteiger partial charge in [0.25, 0.3) is 0 Å². The molecule has 16 heavy (non-hydrogen) atoms. The van der Waals surface area contributed by atoms with Gasteiger partial charge in [-0.1, -0.05) is 38.3 Å². The average molecular weight is 224 g/mol. The summed E-state index contributed by atoms with van der Waals surface area (Å²) in [4.78, 5) is 21.9. The molecule has 0 aliphatic carbocycles. The van der Waals surface area contributed by atoms with E-state index in [0.717, 1.165) is 6.42 Å². The number of carbonyl (C=O) groups excluding carboxylic acids is 2. The molecule has 0 bridgehead atoms. The normalized spacial score (nSPS) is 20.7. The third kappa shape index (κ3) is 4.60. The molecule has 1 unspecified atom stereocenters. The van der Waals surface area contributed by atoms with Crippen LogP contribution in [0.15, 0.2) is 12.2 Å². The van der Waals surface area contributed by atoms with Gasteiger partial charge < -0.3 is 4.74 Å². The van der Waals surface area contributed by atoms with E-state index in [1.54, 1.807) is 0 Å². The predicted octanol–water partition coefficient (Wildman–Crippen LogP) is 2.99. The van der Waals surface area contributed by atoms with E-state index >= 15 is 0 Å². The molecule has 0 aromatic carbocycles. The molecule has 1 fully saturated rings. The van der Waals surface area contributed by atoms with E-state index in [2.05, 4.69) is 17.7 Å². The number of allylic oxidation sites excluding steroid dienone is 2. The number of hydrogen-bond acceptors (Lipinski definition) is 3. The first-order valence-electron chi connectivity index (χ1n) is 6.13. The van der Waals surface area contributed by atoms with Gasteiger partial charge in [-0.2, -0.15) is 0 Å². The highest BCUT2D eigenvalue weighted by Crippen LogP contribution is 2.19. The van der Waals surface area contributed by atoms with Crippen molar-refractivity contribution in [1.82, 2.24) is 0 Å². The second-order valence-corrected chi connectivity index (χ2v) is 4.25. The van der Waals surface area contributed by atoms with Gasteiger partial charge in [0, 0.05) is 0 Å². The standard InChI is InChI=1S/C13H20O3/c1-2-3-4-5-6-7-8-9-11-10-12(14)16-13(11)15/h7-8,11H,2-6,9-10H2,1H3. The maximum atomic E-state index is 11.1. The molecule has 1 aliphatic rings. The second-order valence-electron chi connectivity index (χ2n) is 4.25. The molecule has 0 amide bonds. The quantitative estimate of drug-likeness (QED) is 0.289. The van der Waals surface area contributed by atoms with Gasteiger partial charge in [0.15, 0.2) is 0 Å². The Balaban J connectivity index is 2.08. The van der Waals surface area contributed by atoms with Gasteiger partial charge in [0.05, 0.1) is 12.3 Å². The minimum atomic E-state index is -0.383. The Bertz CT molecular complexity index is 268. The van der Waals surface area contributed by atoms with Gasteiger partial charge in [-0.05, 0) is 19.3 Å². The zero-order valence-electron chi connectivity index (χ0n) is 9.91. The fourth-order valence-corrected chi connectivity index (χ4v) is 1.77. The van der Waals surface area contributed by atoms with Gasteiger partial charge in [-0.25, -0.2) is 0 Å². The lowest BCUT2D eigenvalue weighted by Gasteiger charge is -1.98. The number of unbranched alkanes of at least 4 members (excludes halogenated alkanes) is 4. The molecular weight excluding hydrogens is 204 g/mol. The van der Waals surface area contributed by atoms with Crippen LogP contribution in [0.25, 0.3) is 0 Å². The van der Waals surface area contributed by atoms with Crippen molar-refractivity contribution >= 4 is 11.9 Å². The van der Waals surface area contributed by atoms with Gasteiger partial charge in [0.1, 0.15) is 0 Å². The number of ether oxygens (including phenoxy) is 1. The molecule has 0 saturated carbocycles. The zero-order valence-corrected chi connectivity index (χ0v) is 9.91. The summed E-state index contributed by atoms with van der Waals surface area (Å²) in [5.41, 5.74) is 0. The van der Waals surface area contributed by atoms with Crippen LogP contribution in [0.3, 0.4) is 0 Å². The lowest BCUT2D eigenvalue weighted by molar-refractivity contribution is -0.153. The van der Waals surface area contributed by atoms with Crippen LogP contribution < -0.4 is 0 Å². The molecule has 1 rings (SSSR count). The Hall–Kier alpha value is -1.12. The first kappa shape index (κ1) is 12.9. The third-order valence-electron chi connectivity index (χ3n) is 2.77. The molecular formula is C13H20O3. The zero-order chi connectivity index (χ0) is 11.8. The van der Waals surface area contributed by atoms with Crippen molar-refractivity contribution in [3.63, 3.8) is 0 Å². The van der Waals surface area contributed by atoms with Gasteiger partial charge in [-0.3, -0.25) is 9.59 Å².